The van der Waals surface area contributed by atoms with E-state index in [-0.39, 0.29) is 17.1 Å². The SMILES string of the molecule is Cc1ccc(C(=O)On2ccnc2)cc1.[Mn]. The monoisotopic (exact) mass is 257 g/mol. The Morgan fingerprint density at radius 3 is 2.56 bits per heavy atom. The van der Waals surface area contributed by atoms with Crippen molar-refractivity contribution in [3.05, 3.63) is 54.1 Å². The van der Waals surface area contributed by atoms with Crippen molar-refractivity contribution in [3.63, 3.8) is 0 Å². The van der Waals surface area contributed by atoms with E-state index in [0.29, 0.717) is 5.56 Å². The van der Waals surface area contributed by atoms with Crippen molar-refractivity contribution in [2.24, 2.45) is 0 Å². The summed E-state index contributed by atoms with van der Waals surface area (Å²) in [6.45, 7) is 1.96. The van der Waals surface area contributed by atoms with Crippen molar-refractivity contribution in [2.75, 3.05) is 0 Å². The molecule has 0 N–H and O–H groups in total. The minimum absolute atomic E-state index is 0. The molecule has 1 heterocycles. The van der Waals surface area contributed by atoms with E-state index < -0.39 is 5.97 Å². The van der Waals surface area contributed by atoms with Gasteiger partial charge in [0.15, 0.2) is 0 Å². The largest absolute Gasteiger partial charge is 0.363 e. The minimum atomic E-state index is -0.395. The fourth-order valence-corrected chi connectivity index (χ4v) is 1.14. The summed E-state index contributed by atoms with van der Waals surface area (Å²) in [6.07, 6.45) is 4.53. The van der Waals surface area contributed by atoms with Gasteiger partial charge in [-0.2, -0.15) is 4.73 Å². The predicted octanol–water partition coefficient (Wildman–Crippen LogP) is 1.46. The van der Waals surface area contributed by atoms with Crippen LogP contribution < -0.4 is 4.84 Å². The summed E-state index contributed by atoms with van der Waals surface area (Å²) >= 11 is 0. The molecule has 16 heavy (non-hydrogen) atoms. The molecule has 5 heteroatoms. The number of aryl methyl sites for hydroxylation is 1. The van der Waals surface area contributed by atoms with Gasteiger partial charge in [0, 0.05) is 23.3 Å². The average molecular weight is 257 g/mol. The number of nitrogens with zero attached hydrogens (tertiary/aromatic N) is 2. The number of aromatic nitrogens is 2. The van der Waals surface area contributed by atoms with Crippen LogP contribution in [0.1, 0.15) is 15.9 Å². The molecule has 0 saturated carbocycles. The molecule has 0 aliphatic rings. The molecule has 0 atom stereocenters. The van der Waals surface area contributed by atoms with Crippen LogP contribution in [0.2, 0.25) is 0 Å². The average Bonchev–Trinajstić information content (AvgIpc) is 2.71. The maximum Gasteiger partial charge on any atom is 0.363 e. The van der Waals surface area contributed by atoms with Crippen LogP contribution in [0, 0.1) is 6.92 Å². The second kappa shape index (κ2) is 5.49. The Labute approximate surface area is 104 Å². The number of carbonyl (C=O) groups excluding carboxylic acids is 1. The minimum Gasteiger partial charge on any atom is -0.330 e. The van der Waals surface area contributed by atoms with Crippen LogP contribution in [-0.2, 0) is 17.1 Å². The van der Waals surface area contributed by atoms with Gasteiger partial charge in [-0.3, -0.25) is 0 Å². The first-order valence-electron chi connectivity index (χ1n) is 4.53. The first-order chi connectivity index (χ1) is 7.25. The number of benzene rings is 1. The summed E-state index contributed by atoms with van der Waals surface area (Å²) in [5.74, 6) is -0.395. The molecule has 0 aliphatic heterocycles. The molecule has 0 saturated heterocycles. The molecule has 2 aromatic rings. The number of hydrogen-bond acceptors (Lipinski definition) is 3. The first kappa shape index (κ1) is 12.5. The summed E-state index contributed by atoms with van der Waals surface area (Å²) in [7, 11) is 0. The van der Waals surface area contributed by atoms with Crippen molar-refractivity contribution in [1.29, 1.82) is 0 Å². The van der Waals surface area contributed by atoms with Crippen LogP contribution in [0.15, 0.2) is 43.0 Å². The number of rotatable bonds is 2. The van der Waals surface area contributed by atoms with Crippen molar-refractivity contribution < 1.29 is 26.7 Å². The molecule has 1 aromatic heterocycles. The van der Waals surface area contributed by atoms with Crippen molar-refractivity contribution in [2.45, 2.75) is 6.92 Å². The summed E-state index contributed by atoms with van der Waals surface area (Å²) in [5, 5.41) is 0. The van der Waals surface area contributed by atoms with Gasteiger partial charge in [0.25, 0.3) is 0 Å². The number of hydrogen-bond donors (Lipinski definition) is 0. The van der Waals surface area contributed by atoms with Crippen LogP contribution in [0.3, 0.4) is 0 Å². The second-order valence-electron chi connectivity index (χ2n) is 3.17. The molecule has 4 nitrogen and oxygen atoms in total. The third-order valence-corrected chi connectivity index (χ3v) is 1.96. The van der Waals surface area contributed by atoms with Crippen LogP contribution in [0.4, 0.5) is 0 Å². The van der Waals surface area contributed by atoms with E-state index in [4.69, 9.17) is 4.84 Å². The molecule has 0 unspecified atom stereocenters. The maximum atomic E-state index is 11.6. The van der Waals surface area contributed by atoms with E-state index in [2.05, 4.69) is 4.98 Å². The quantitative estimate of drug-likeness (QED) is 0.765. The van der Waals surface area contributed by atoms with Crippen molar-refractivity contribution in [3.8, 4) is 0 Å². The van der Waals surface area contributed by atoms with E-state index in [1.54, 1.807) is 24.5 Å². The molecule has 2 rings (SSSR count). The van der Waals surface area contributed by atoms with Gasteiger partial charge < -0.3 is 4.84 Å². The van der Waals surface area contributed by atoms with Crippen molar-refractivity contribution >= 4 is 5.97 Å². The van der Waals surface area contributed by atoms with E-state index in [1.807, 2.05) is 19.1 Å². The Kier molecular flexibility index (Phi) is 4.28. The first-order valence-corrected chi connectivity index (χ1v) is 4.53. The molecular formula is C11H10MnN2O2. The van der Waals surface area contributed by atoms with Gasteiger partial charge in [-0.05, 0) is 19.1 Å². The zero-order valence-corrected chi connectivity index (χ0v) is 9.81. The van der Waals surface area contributed by atoms with E-state index in [1.165, 1.54) is 11.1 Å². The van der Waals surface area contributed by atoms with E-state index in [0.717, 1.165) is 5.56 Å². The molecule has 0 bridgehead atoms. The topological polar surface area (TPSA) is 44.1 Å². The zero-order chi connectivity index (χ0) is 10.7. The number of imidazole rings is 1. The summed E-state index contributed by atoms with van der Waals surface area (Å²) in [4.78, 5) is 20.3. The maximum absolute atomic E-state index is 11.6. The molecular weight excluding hydrogens is 247 g/mol. The standard InChI is InChI=1S/C11H10N2O2.Mn/c1-9-2-4-10(5-3-9)11(14)15-13-7-6-12-8-13;/h2-8H,1H3;. The predicted molar refractivity (Wildman–Crippen MR) is 54.3 cm³/mol. The normalized spacial score (nSPS) is 9.31. The molecule has 83 valence electrons. The molecule has 1 radical (unpaired) electrons. The van der Waals surface area contributed by atoms with Crippen molar-refractivity contribution in [1.82, 2.24) is 9.71 Å². The molecule has 0 spiro atoms. The van der Waals surface area contributed by atoms with Gasteiger partial charge in [-0.1, -0.05) is 17.7 Å². The van der Waals surface area contributed by atoms with Gasteiger partial charge in [-0.15, -0.1) is 0 Å². The second-order valence-corrected chi connectivity index (χ2v) is 3.17. The zero-order valence-electron chi connectivity index (χ0n) is 8.63. The Balaban J connectivity index is 0.00000128. The van der Waals surface area contributed by atoms with Crippen LogP contribution >= 0.6 is 0 Å². The Morgan fingerprint density at radius 2 is 2.00 bits per heavy atom. The van der Waals surface area contributed by atoms with Crippen LogP contribution in [-0.4, -0.2) is 15.7 Å². The summed E-state index contributed by atoms with van der Waals surface area (Å²) in [5.41, 5.74) is 1.63. The van der Waals surface area contributed by atoms with E-state index >= 15 is 0 Å². The van der Waals surface area contributed by atoms with E-state index in [9.17, 15) is 4.79 Å². The van der Waals surface area contributed by atoms with Crippen LogP contribution in [0.5, 0.6) is 0 Å². The molecule has 0 amide bonds. The van der Waals surface area contributed by atoms with Gasteiger partial charge in [0.1, 0.15) is 6.33 Å². The van der Waals surface area contributed by atoms with Gasteiger partial charge in [0.2, 0.25) is 0 Å². The third-order valence-electron chi connectivity index (χ3n) is 1.96. The fourth-order valence-electron chi connectivity index (χ4n) is 1.14. The summed E-state index contributed by atoms with van der Waals surface area (Å²) in [6, 6.07) is 7.19. The Bertz CT molecular complexity index is 451. The van der Waals surface area contributed by atoms with Gasteiger partial charge >= 0.3 is 5.97 Å². The van der Waals surface area contributed by atoms with Gasteiger partial charge in [-0.25, -0.2) is 9.78 Å². The third kappa shape index (κ3) is 2.95. The molecule has 0 fully saturated rings. The smallest absolute Gasteiger partial charge is 0.330 e. The van der Waals surface area contributed by atoms with Gasteiger partial charge in [0.05, 0.1) is 11.8 Å². The Hall–Kier alpha value is -1.58. The fraction of sp³-hybridized carbons (Fsp3) is 0.0909. The molecule has 1 aromatic carbocycles. The number of carbonyl (C=O) groups is 1. The van der Waals surface area contributed by atoms with Crippen LogP contribution in [0.25, 0.3) is 0 Å². The Morgan fingerprint density at radius 1 is 1.31 bits per heavy atom. The summed E-state index contributed by atoms with van der Waals surface area (Å²) < 4.78 is 1.27. The molecule has 0 aliphatic carbocycles.